The predicted octanol–water partition coefficient (Wildman–Crippen LogP) is 3.14. The van der Waals surface area contributed by atoms with Crippen LogP contribution < -0.4 is 0 Å². The third kappa shape index (κ3) is 4.63. The fourth-order valence-electron chi connectivity index (χ4n) is 3.49. The van der Waals surface area contributed by atoms with Crippen LogP contribution in [0.4, 0.5) is 8.78 Å². The van der Waals surface area contributed by atoms with Gasteiger partial charge in [-0.1, -0.05) is 11.6 Å². The lowest BCUT2D eigenvalue weighted by molar-refractivity contribution is 0.0705. The molecular formula is C17H25ClF2N2O. The molecule has 0 amide bonds. The molecular weight excluding hydrogens is 322 g/mol. The van der Waals surface area contributed by atoms with Gasteiger partial charge < -0.3 is 10.0 Å². The van der Waals surface area contributed by atoms with E-state index in [4.69, 9.17) is 16.7 Å². The third-order valence-electron chi connectivity index (χ3n) is 4.69. The van der Waals surface area contributed by atoms with Crippen LogP contribution in [-0.4, -0.2) is 54.7 Å². The van der Waals surface area contributed by atoms with Gasteiger partial charge in [-0.05, 0) is 58.0 Å². The molecule has 1 aromatic rings. The van der Waals surface area contributed by atoms with Crippen molar-refractivity contribution in [3.8, 4) is 0 Å². The molecule has 0 aliphatic carbocycles. The van der Waals surface area contributed by atoms with Crippen molar-refractivity contribution in [3.05, 3.63) is 34.4 Å². The quantitative estimate of drug-likeness (QED) is 0.802. The molecule has 1 saturated heterocycles. The number of aliphatic hydroxyl groups is 1. The lowest BCUT2D eigenvalue weighted by Gasteiger charge is -2.41. The second-order valence-corrected chi connectivity index (χ2v) is 6.91. The summed E-state index contributed by atoms with van der Waals surface area (Å²) in [7, 11) is 4.12. The summed E-state index contributed by atoms with van der Waals surface area (Å²) in [6.45, 7) is 1.97. The summed E-state index contributed by atoms with van der Waals surface area (Å²) < 4.78 is 28.0. The average Bonchev–Trinajstić information content (AvgIpc) is 2.53. The van der Waals surface area contributed by atoms with Gasteiger partial charge in [-0.3, -0.25) is 4.90 Å². The molecule has 1 fully saturated rings. The molecule has 130 valence electrons. The fourth-order valence-corrected chi connectivity index (χ4v) is 3.67. The summed E-state index contributed by atoms with van der Waals surface area (Å²) in [6.07, 6.45) is 2.62. The van der Waals surface area contributed by atoms with Crippen molar-refractivity contribution < 1.29 is 13.9 Å². The molecule has 1 N–H and O–H groups in total. The maximum atomic E-state index is 14.1. The Morgan fingerprint density at radius 3 is 2.74 bits per heavy atom. The Hall–Kier alpha value is -0.750. The zero-order valence-corrected chi connectivity index (χ0v) is 14.5. The van der Waals surface area contributed by atoms with E-state index in [-0.39, 0.29) is 23.7 Å². The van der Waals surface area contributed by atoms with E-state index in [0.29, 0.717) is 12.0 Å². The first-order valence-corrected chi connectivity index (χ1v) is 8.43. The summed E-state index contributed by atoms with van der Waals surface area (Å²) >= 11 is 5.77. The van der Waals surface area contributed by atoms with E-state index >= 15 is 0 Å². The van der Waals surface area contributed by atoms with Crippen LogP contribution >= 0.6 is 11.6 Å². The molecule has 0 bridgehead atoms. The molecule has 3 nitrogen and oxygen atoms in total. The van der Waals surface area contributed by atoms with E-state index in [1.807, 2.05) is 0 Å². The van der Waals surface area contributed by atoms with Crippen molar-refractivity contribution in [1.82, 2.24) is 9.80 Å². The highest BCUT2D eigenvalue weighted by atomic mass is 35.5. The van der Waals surface area contributed by atoms with E-state index in [1.165, 1.54) is 12.1 Å². The van der Waals surface area contributed by atoms with Crippen molar-refractivity contribution in [2.75, 3.05) is 33.8 Å². The maximum absolute atomic E-state index is 14.1. The summed E-state index contributed by atoms with van der Waals surface area (Å²) in [5, 5.41) is 9.04. The Morgan fingerprint density at radius 2 is 2.09 bits per heavy atom. The number of benzene rings is 1. The zero-order chi connectivity index (χ0) is 17.0. The number of likely N-dealkylation sites (tertiary alicyclic amines) is 1. The van der Waals surface area contributed by atoms with Crippen LogP contribution in [0.3, 0.4) is 0 Å². The van der Waals surface area contributed by atoms with Crippen LogP contribution in [0.5, 0.6) is 0 Å². The monoisotopic (exact) mass is 346 g/mol. The molecule has 0 unspecified atom stereocenters. The minimum absolute atomic E-state index is 0.0404. The number of hydrogen-bond donors (Lipinski definition) is 1. The van der Waals surface area contributed by atoms with Gasteiger partial charge in [0.1, 0.15) is 11.6 Å². The lowest BCUT2D eigenvalue weighted by atomic mass is 9.87. The lowest BCUT2D eigenvalue weighted by Crippen LogP contribution is -2.48. The molecule has 0 aromatic heterocycles. The Morgan fingerprint density at radius 1 is 1.35 bits per heavy atom. The van der Waals surface area contributed by atoms with Gasteiger partial charge in [0.15, 0.2) is 0 Å². The van der Waals surface area contributed by atoms with E-state index < -0.39 is 11.6 Å². The number of halogens is 3. The number of piperidine rings is 1. The van der Waals surface area contributed by atoms with Gasteiger partial charge in [-0.2, -0.15) is 0 Å². The molecule has 0 saturated carbocycles. The van der Waals surface area contributed by atoms with Gasteiger partial charge in [-0.15, -0.1) is 0 Å². The Labute approximate surface area is 141 Å². The normalized spacial score (nSPS) is 22.7. The van der Waals surface area contributed by atoms with Crippen LogP contribution in [0, 0.1) is 17.6 Å². The van der Waals surface area contributed by atoms with Gasteiger partial charge in [-0.25, -0.2) is 8.78 Å². The van der Waals surface area contributed by atoms with Crippen molar-refractivity contribution >= 4 is 11.6 Å². The van der Waals surface area contributed by atoms with Crippen molar-refractivity contribution in [2.45, 2.75) is 31.8 Å². The smallest absolute Gasteiger partial charge is 0.149 e. The number of rotatable bonds is 6. The van der Waals surface area contributed by atoms with E-state index in [2.05, 4.69) is 23.9 Å². The first-order valence-electron chi connectivity index (χ1n) is 8.06. The number of nitrogens with zero attached hydrogens (tertiary/aromatic N) is 2. The first kappa shape index (κ1) is 18.6. The molecule has 6 heteroatoms. The Bertz CT molecular complexity index is 528. The molecule has 2 rings (SSSR count). The standard InChI is InChI=1S/C17H25ClF2N2O/c1-21(2)16-7-8-22(10-12(16)4-3-9-23)11-13-15(19)6-5-14(18)17(13)20/h5-6,12,16,23H,3-4,7-11H2,1-2H3/t12-,16+/m1/s1. The minimum atomic E-state index is -0.659. The molecule has 2 atom stereocenters. The van der Waals surface area contributed by atoms with Crippen LogP contribution in [0.1, 0.15) is 24.8 Å². The van der Waals surface area contributed by atoms with Crippen LogP contribution in [-0.2, 0) is 6.54 Å². The molecule has 1 aliphatic rings. The van der Waals surface area contributed by atoms with Gasteiger partial charge in [0, 0.05) is 31.3 Å². The summed E-state index contributed by atoms with van der Waals surface area (Å²) in [6, 6.07) is 2.90. The van der Waals surface area contributed by atoms with Gasteiger partial charge in [0.25, 0.3) is 0 Å². The zero-order valence-electron chi connectivity index (χ0n) is 13.7. The summed E-state index contributed by atoms with van der Waals surface area (Å²) in [5.41, 5.74) is 0.0433. The van der Waals surface area contributed by atoms with Gasteiger partial charge >= 0.3 is 0 Å². The fraction of sp³-hybridized carbons (Fsp3) is 0.647. The second kappa shape index (κ2) is 8.38. The average molecular weight is 347 g/mol. The van der Waals surface area contributed by atoms with E-state index in [9.17, 15) is 8.78 Å². The maximum Gasteiger partial charge on any atom is 0.149 e. The van der Waals surface area contributed by atoms with Crippen molar-refractivity contribution in [1.29, 1.82) is 0 Å². The molecule has 1 aliphatic heterocycles. The Kier molecular flexibility index (Phi) is 6.77. The largest absolute Gasteiger partial charge is 0.396 e. The molecule has 23 heavy (non-hydrogen) atoms. The van der Waals surface area contributed by atoms with Gasteiger partial charge in [0.2, 0.25) is 0 Å². The van der Waals surface area contributed by atoms with Crippen molar-refractivity contribution in [3.63, 3.8) is 0 Å². The minimum Gasteiger partial charge on any atom is -0.396 e. The number of hydrogen-bond acceptors (Lipinski definition) is 3. The SMILES string of the molecule is CN(C)[C@H]1CCN(Cc2c(F)ccc(Cl)c2F)C[C@H]1CCCO. The van der Waals surface area contributed by atoms with Crippen molar-refractivity contribution in [2.24, 2.45) is 5.92 Å². The second-order valence-electron chi connectivity index (χ2n) is 6.50. The highest BCUT2D eigenvalue weighted by Gasteiger charge is 2.31. The molecule has 0 spiro atoms. The van der Waals surface area contributed by atoms with Crippen LogP contribution in [0.25, 0.3) is 0 Å². The van der Waals surface area contributed by atoms with E-state index in [1.54, 1.807) is 0 Å². The number of aliphatic hydroxyl groups excluding tert-OH is 1. The van der Waals surface area contributed by atoms with E-state index in [0.717, 1.165) is 32.4 Å². The Balaban J connectivity index is 2.08. The first-order chi connectivity index (χ1) is 10.9. The van der Waals surface area contributed by atoms with Crippen LogP contribution in [0.2, 0.25) is 5.02 Å². The van der Waals surface area contributed by atoms with Crippen LogP contribution in [0.15, 0.2) is 12.1 Å². The molecule has 0 radical (unpaired) electrons. The third-order valence-corrected chi connectivity index (χ3v) is 4.99. The molecule has 1 aromatic carbocycles. The summed E-state index contributed by atoms with van der Waals surface area (Å²) in [4.78, 5) is 4.29. The topological polar surface area (TPSA) is 26.7 Å². The van der Waals surface area contributed by atoms with Gasteiger partial charge in [0.05, 0.1) is 5.02 Å². The predicted molar refractivity (Wildman–Crippen MR) is 88.5 cm³/mol. The highest BCUT2D eigenvalue weighted by Crippen LogP contribution is 2.28. The molecule has 1 heterocycles. The summed E-state index contributed by atoms with van der Waals surface area (Å²) in [5.74, 6) is -0.821. The highest BCUT2D eigenvalue weighted by molar-refractivity contribution is 6.30.